The van der Waals surface area contributed by atoms with E-state index in [1.807, 2.05) is 13.0 Å². The van der Waals surface area contributed by atoms with Gasteiger partial charge in [-0.05, 0) is 43.7 Å². The minimum Gasteiger partial charge on any atom is -0.397 e. The largest absolute Gasteiger partial charge is 0.397 e. The van der Waals surface area contributed by atoms with Crippen LogP contribution in [0.4, 0.5) is 5.69 Å². The summed E-state index contributed by atoms with van der Waals surface area (Å²) in [5.74, 6) is 0.792. The maximum absolute atomic E-state index is 12.4. The first-order chi connectivity index (χ1) is 9.92. The zero-order valence-electron chi connectivity index (χ0n) is 13.0. The van der Waals surface area contributed by atoms with Gasteiger partial charge in [-0.15, -0.1) is 0 Å². The van der Waals surface area contributed by atoms with Crippen LogP contribution in [0.5, 0.6) is 0 Å². The summed E-state index contributed by atoms with van der Waals surface area (Å²) < 4.78 is 27.6. The van der Waals surface area contributed by atoms with Crippen molar-refractivity contribution >= 4 is 15.7 Å². The quantitative estimate of drug-likeness (QED) is 0.626. The van der Waals surface area contributed by atoms with Gasteiger partial charge in [0.1, 0.15) is 4.90 Å². The SMILES string of the molecule is Cc1ccc(C)c(S(=O)(=O)NCCCC2CCCC2)c1N. The molecule has 0 atom stereocenters. The molecule has 0 heterocycles. The first-order valence-corrected chi connectivity index (χ1v) is 9.25. The number of aryl methyl sites for hydroxylation is 2. The molecule has 118 valence electrons. The third kappa shape index (κ3) is 3.98. The average Bonchev–Trinajstić information content (AvgIpc) is 2.92. The molecule has 1 aliphatic carbocycles. The van der Waals surface area contributed by atoms with Crippen molar-refractivity contribution in [3.63, 3.8) is 0 Å². The minimum atomic E-state index is -3.51. The molecule has 1 fully saturated rings. The molecular weight excluding hydrogens is 284 g/mol. The van der Waals surface area contributed by atoms with Crippen molar-refractivity contribution in [2.24, 2.45) is 5.92 Å². The maximum atomic E-state index is 12.4. The van der Waals surface area contributed by atoms with Gasteiger partial charge in [-0.25, -0.2) is 13.1 Å². The van der Waals surface area contributed by atoms with E-state index in [9.17, 15) is 8.42 Å². The molecule has 0 unspecified atom stereocenters. The fourth-order valence-electron chi connectivity index (χ4n) is 3.13. The smallest absolute Gasteiger partial charge is 0.242 e. The normalized spacial score (nSPS) is 16.5. The summed E-state index contributed by atoms with van der Waals surface area (Å²) in [6.07, 6.45) is 7.28. The number of benzene rings is 1. The summed E-state index contributed by atoms with van der Waals surface area (Å²) in [6, 6.07) is 3.66. The summed E-state index contributed by atoms with van der Waals surface area (Å²) in [5.41, 5.74) is 7.81. The highest BCUT2D eigenvalue weighted by molar-refractivity contribution is 7.89. The second kappa shape index (κ2) is 6.79. The third-order valence-electron chi connectivity index (χ3n) is 4.44. The first-order valence-electron chi connectivity index (χ1n) is 7.77. The van der Waals surface area contributed by atoms with Gasteiger partial charge in [0, 0.05) is 6.54 Å². The average molecular weight is 310 g/mol. The van der Waals surface area contributed by atoms with Gasteiger partial charge in [0.25, 0.3) is 0 Å². The molecule has 0 spiro atoms. The molecule has 0 bridgehead atoms. The molecule has 3 N–H and O–H groups in total. The predicted octanol–water partition coefficient (Wildman–Crippen LogP) is 3.13. The predicted molar refractivity (Wildman–Crippen MR) is 86.7 cm³/mol. The maximum Gasteiger partial charge on any atom is 0.242 e. The molecule has 0 saturated heterocycles. The highest BCUT2D eigenvalue weighted by Crippen LogP contribution is 2.29. The number of nitrogens with two attached hydrogens (primary N) is 1. The van der Waals surface area contributed by atoms with Gasteiger partial charge in [-0.2, -0.15) is 0 Å². The van der Waals surface area contributed by atoms with Crippen LogP contribution in [-0.4, -0.2) is 15.0 Å². The van der Waals surface area contributed by atoms with E-state index in [1.165, 1.54) is 25.7 Å². The van der Waals surface area contributed by atoms with Crippen molar-refractivity contribution in [3.05, 3.63) is 23.3 Å². The van der Waals surface area contributed by atoms with E-state index in [0.29, 0.717) is 17.8 Å². The summed E-state index contributed by atoms with van der Waals surface area (Å²) in [6.45, 7) is 4.10. The van der Waals surface area contributed by atoms with Gasteiger partial charge in [0.2, 0.25) is 10.0 Å². The number of sulfonamides is 1. The molecule has 0 radical (unpaired) electrons. The van der Waals surface area contributed by atoms with Gasteiger partial charge < -0.3 is 5.73 Å². The molecule has 21 heavy (non-hydrogen) atoms. The Labute approximate surface area is 128 Å². The van der Waals surface area contributed by atoms with Crippen LogP contribution < -0.4 is 10.5 Å². The van der Waals surface area contributed by atoms with Crippen LogP contribution in [-0.2, 0) is 10.0 Å². The molecule has 0 aliphatic heterocycles. The summed E-state index contributed by atoms with van der Waals surface area (Å²) in [4.78, 5) is 0.239. The number of hydrogen-bond acceptors (Lipinski definition) is 3. The monoisotopic (exact) mass is 310 g/mol. The van der Waals surface area contributed by atoms with E-state index in [1.54, 1.807) is 13.0 Å². The van der Waals surface area contributed by atoms with Gasteiger partial charge in [0.05, 0.1) is 5.69 Å². The van der Waals surface area contributed by atoms with Crippen LogP contribution in [0.3, 0.4) is 0 Å². The molecule has 1 aromatic rings. The van der Waals surface area contributed by atoms with Gasteiger partial charge in [0.15, 0.2) is 0 Å². The van der Waals surface area contributed by atoms with Crippen LogP contribution in [0.2, 0.25) is 0 Å². The Hall–Kier alpha value is -1.07. The van der Waals surface area contributed by atoms with Crippen molar-refractivity contribution in [3.8, 4) is 0 Å². The molecule has 5 heteroatoms. The molecule has 0 amide bonds. The number of rotatable bonds is 6. The summed E-state index contributed by atoms with van der Waals surface area (Å²) in [7, 11) is -3.51. The topological polar surface area (TPSA) is 72.2 Å². The van der Waals surface area contributed by atoms with Crippen molar-refractivity contribution < 1.29 is 8.42 Å². The van der Waals surface area contributed by atoms with Crippen molar-refractivity contribution in [1.29, 1.82) is 0 Å². The molecule has 4 nitrogen and oxygen atoms in total. The lowest BCUT2D eigenvalue weighted by Crippen LogP contribution is -2.27. The van der Waals surface area contributed by atoms with Crippen molar-refractivity contribution in [1.82, 2.24) is 4.72 Å². The highest BCUT2D eigenvalue weighted by Gasteiger charge is 2.21. The number of nitrogens with one attached hydrogen (secondary N) is 1. The Balaban J connectivity index is 1.97. The lowest BCUT2D eigenvalue weighted by atomic mass is 10.0. The Morgan fingerprint density at radius 1 is 1.19 bits per heavy atom. The van der Waals surface area contributed by atoms with E-state index in [4.69, 9.17) is 5.73 Å². The lowest BCUT2D eigenvalue weighted by molar-refractivity contribution is 0.480. The van der Waals surface area contributed by atoms with Crippen LogP contribution in [0, 0.1) is 19.8 Å². The van der Waals surface area contributed by atoms with Crippen LogP contribution in [0.25, 0.3) is 0 Å². The number of hydrogen-bond donors (Lipinski definition) is 2. The highest BCUT2D eigenvalue weighted by atomic mass is 32.2. The van der Waals surface area contributed by atoms with E-state index < -0.39 is 10.0 Å². The van der Waals surface area contributed by atoms with Crippen molar-refractivity contribution in [2.45, 2.75) is 57.3 Å². The Kier molecular flexibility index (Phi) is 5.27. The number of anilines is 1. The fraction of sp³-hybridized carbons (Fsp3) is 0.625. The van der Waals surface area contributed by atoms with Gasteiger partial charge in [-0.1, -0.05) is 37.8 Å². The van der Waals surface area contributed by atoms with Crippen LogP contribution >= 0.6 is 0 Å². The molecule has 1 saturated carbocycles. The van der Waals surface area contributed by atoms with Crippen molar-refractivity contribution in [2.75, 3.05) is 12.3 Å². The third-order valence-corrected chi connectivity index (χ3v) is 6.10. The van der Waals surface area contributed by atoms with E-state index >= 15 is 0 Å². The van der Waals surface area contributed by atoms with Gasteiger partial charge in [-0.3, -0.25) is 0 Å². The van der Waals surface area contributed by atoms with Gasteiger partial charge >= 0.3 is 0 Å². The summed E-state index contributed by atoms with van der Waals surface area (Å²) in [5, 5.41) is 0. The zero-order chi connectivity index (χ0) is 15.5. The Bertz CT molecular complexity index is 591. The first kappa shape index (κ1) is 16.3. The molecule has 0 aromatic heterocycles. The molecule has 1 aliphatic rings. The minimum absolute atomic E-state index is 0.239. The molecular formula is C16H26N2O2S. The van der Waals surface area contributed by atoms with E-state index in [2.05, 4.69) is 4.72 Å². The second-order valence-corrected chi connectivity index (χ2v) is 7.84. The fourth-order valence-corrected chi connectivity index (χ4v) is 4.63. The lowest BCUT2D eigenvalue weighted by Gasteiger charge is -2.14. The van der Waals surface area contributed by atoms with E-state index in [-0.39, 0.29) is 4.90 Å². The zero-order valence-corrected chi connectivity index (χ0v) is 13.8. The standard InChI is InChI=1S/C16H26N2O2S/c1-12-9-10-13(2)16(15(12)17)21(19,20)18-11-5-8-14-6-3-4-7-14/h9-10,14,18H,3-8,11,17H2,1-2H3. The Morgan fingerprint density at radius 3 is 2.48 bits per heavy atom. The second-order valence-electron chi connectivity index (χ2n) is 6.13. The molecule has 2 rings (SSSR count). The van der Waals surface area contributed by atoms with E-state index in [0.717, 1.165) is 24.3 Å². The summed E-state index contributed by atoms with van der Waals surface area (Å²) >= 11 is 0. The number of nitrogen functional groups attached to an aromatic ring is 1. The van der Waals surface area contributed by atoms with Crippen LogP contribution in [0.1, 0.15) is 49.7 Å². The van der Waals surface area contributed by atoms with Crippen LogP contribution in [0.15, 0.2) is 17.0 Å². The Morgan fingerprint density at radius 2 is 1.81 bits per heavy atom. The molecule has 1 aromatic carbocycles.